The van der Waals surface area contributed by atoms with E-state index >= 15 is 0 Å². The highest BCUT2D eigenvalue weighted by Gasteiger charge is 2.26. The SMILES string of the molecule is CC(=NNC(=O)c1cc(C2CC2)nc2ccccc12)c1ccc(Br)s1. The minimum atomic E-state index is -0.199. The number of pyridine rings is 1. The molecule has 1 N–H and O–H groups in total. The van der Waals surface area contributed by atoms with Crippen LogP contribution in [0.25, 0.3) is 10.9 Å². The van der Waals surface area contributed by atoms with Crippen LogP contribution in [0.2, 0.25) is 0 Å². The smallest absolute Gasteiger partial charge is 0.267 e. The monoisotopic (exact) mass is 413 g/mol. The quantitative estimate of drug-likeness (QED) is 0.478. The Morgan fingerprint density at radius 3 is 2.80 bits per heavy atom. The summed E-state index contributed by atoms with van der Waals surface area (Å²) < 4.78 is 1.04. The average molecular weight is 414 g/mol. The van der Waals surface area contributed by atoms with Crippen LogP contribution >= 0.6 is 27.3 Å². The first-order valence-corrected chi connectivity index (χ1v) is 9.73. The second-order valence-corrected chi connectivity index (χ2v) is 8.59. The number of hydrogen-bond acceptors (Lipinski definition) is 4. The summed E-state index contributed by atoms with van der Waals surface area (Å²) in [7, 11) is 0. The number of benzene rings is 1. The molecule has 0 saturated heterocycles. The van der Waals surface area contributed by atoms with Crippen LogP contribution in [0.5, 0.6) is 0 Å². The predicted octanol–water partition coefficient (Wildman–Crippen LogP) is 5.09. The van der Waals surface area contributed by atoms with Crippen LogP contribution in [0.1, 0.15) is 46.6 Å². The van der Waals surface area contributed by atoms with Gasteiger partial charge in [-0.2, -0.15) is 5.10 Å². The minimum Gasteiger partial charge on any atom is -0.267 e. The number of aromatic nitrogens is 1. The van der Waals surface area contributed by atoms with Crippen molar-refractivity contribution in [1.29, 1.82) is 0 Å². The van der Waals surface area contributed by atoms with E-state index in [4.69, 9.17) is 4.98 Å². The second-order valence-electron chi connectivity index (χ2n) is 6.13. The Morgan fingerprint density at radius 1 is 1.28 bits per heavy atom. The highest BCUT2D eigenvalue weighted by Crippen LogP contribution is 2.40. The van der Waals surface area contributed by atoms with Gasteiger partial charge in [0, 0.05) is 17.0 Å². The number of para-hydroxylation sites is 1. The molecule has 0 radical (unpaired) electrons. The molecule has 2 aromatic heterocycles. The van der Waals surface area contributed by atoms with Gasteiger partial charge >= 0.3 is 0 Å². The molecule has 3 aromatic rings. The van der Waals surface area contributed by atoms with Gasteiger partial charge in [-0.05, 0) is 60.0 Å². The molecule has 4 nitrogen and oxygen atoms in total. The molecule has 0 atom stereocenters. The van der Waals surface area contributed by atoms with Crippen molar-refractivity contribution in [3.63, 3.8) is 0 Å². The fraction of sp³-hybridized carbons (Fsp3) is 0.211. The number of halogens is 1. The minimum absolute atomic E-state index is 0.199. The van der Waals surface area contributed by atoms with Gasteiger partial charge in [-0.3, -0.25) is 9.78 Å². The number of thiophene rings is 1. The van der Waals surface area contributed by atoms with Crippen molar-refractivity contribution in [2.45, 2.75) is 25.7 Å². The maximum atomic E-state index is 12.7. The maximum Gasteiger partial charge on any atom is 0.272 e. The van der Waals surface area contributed by atoms with Crippen molar-refractivity contribution in [2.24, 2.45) is 5.10 Å². The first kappa shape index (κ1) is 16.4. The number of fused-ring (bicyclic) bond motifs is 1. The highest BCUT2D eigenvalue weighted by molar-refractivity contribution is 9.11. The lowest BCUT2D eigenvalue weighted by Gasteiger charge is -2.08. The lowest BCUT2D eigenvalue weighted by Crippen LogP contribution is -2.20. The zero-order valence-electron chi connectivity index (χ0n) is 13.6. The predicted molar refractivity (Wildman–Crippen MR) is 105 cm³/mol. The molecule has 2 heterocycles. The van der Waals surface area contributed by atoms with Crippen molar-refractivity contribution < 1.29 is 4.79 Å². The number of carbonyl (C=O) groups is 1. The summed E-state index contributed by atoms with van der Waals surface area (Å²) in [5.41, 5.74) is 5.98. The summed E-state index contributed by atoms with van der Waals surface area (Å²) in [5, 5.41) is 5.12. The largest absolute Gasteiger partial charge is 0.272 e. The Labute approximate surface area is 158 Å². The van der Waals surface area contributed by atoms with Crippen LogP contribution in [0.3, 0.4) is 0 Å². The third kappa shape index (κ3) is 3.50. The Bertz CT molecular complexity index is 991. The summed E-state index contributed by atoms with van der Waals surface area (Å²) in [4.78, 5) is 18.5. The van der Waals surface area contributed by atoms with Gasteiger partial charge in [-0.1, -0.05) is 18.2 Å². The number of rotatable bonds is 4. The van der Waals surface area contributed by atoms with Crippen LogP contribution in [0, 0.1) is 0 Å². The molecule has 1 fully saturated rings. The molecule has 1 saturated carbocycles. The fourth-order valence-corrected chi connectivity index (χ4v) is 4.06. The second kappa shape index (κ2) is 6.69. The van der Waals surface area contributed by atoms with E-state index in [-0.39, 0.29) is 5.91 Å². The topological polar surface area (TPSA) is 54.4 Å². The molecule has 126 valence electrons. The number of hydrogen-bond donors (Lipinski definition) is 1. The molecule has 0 spiro atoms. The highest BCUT2D eigenvalue weighted by atomic mass is 79.9. The van der Waals surface area contributed by atoms with Gasteiger partial charge in [-0.15, -0.1) is 11.3 Å². The van der Waals surface area contributed by atoms with Crippen molar-refractivity contribution >= 4 is 49.8 Å². The van der Waals surface area contributed by atoms with Crippen molar-refractivity contribution in [3.8, 4) is 0 Å². The third-order valence-electron chi connectivity index (χ3n) is 4.23. The van der Waals surface area contributed by atoms with Crippen LogP contribution in [0.4, 0.5) is 0 Å². The van der Waals surface area contributed by atoms with Crippen LogP contribution in [-0.2, 0) is 0 Å². The molecule has 1 amide bonds. The van der Waals surface area contributed by atoms with Gasteiger partial charge in [0.15, 0.2) is 0 Å². The standard InChI is InChI=1S/C19H16BrN3OS/c1-11(17-8-9-18(20)25-17)22-23-19(24)14-10-16(12-6-7-12)21-15-5-3-2-4-13(14)15/h2-5,8-10,12H,6-7H2,1H3,(H,23,24). The van der Waals surface area contributed by atoms with Crippen LogP contribution < -0.4 is 5.43 Å². The zero-order chi connectivity index (χ0) is 17.4. The zero-order valence-corrected chi connectivity index (χ0v) is 16.0. The van der Waals surface area contributed by atoms with Gasteiger partial charge in [0.2, 0.25) is 0 Å². The molecule has 0 bridgehead atoms. The lowest BCUT2D eigenvalue weighted by atomic mass is 10.1. The lowest BCUT2D eigenvalue weighted by molar-refractivity contribution is 0.0956. The molecule has 1 aromatic carbocycles. The van der Waals surface area contributed by atoms with Crippen molar-refractivity contribution in [3.05, 3.63) is 62.4 Å². The van der Waals surface area contributed by atoms with E-state index in [0.29, 0.717) is 11.5 Å². The van der Waals surface area contributed by atoms with Gasteiger partial charge in [0.1, 0.15) is 0 Å². The van der Waals surface area contributed by atoms with Gasteiger partial charge in [0.05, 0.1) is 25.5 Å². The van der Waals surface area contributed by atoms with E-state index in [2.05, 4.69) is 26.5 Å². The molecular weight excluding hydrogens is 398 g/mol. The molecule has 1 aliphatic carbocycles. The average Bonchev–Trinajstić information content (AvgIpc) is 3.39. The molecule has 0 aliphatic heterocycles. The fourth-order valence-electron chi connectivity index (χ4n) is 2.73. The Hall–Kier alpha value is -2.05. The number of nitrogens with zero attached hydrogens (tertiary/aromatic N) is 2. The van der Waals surface area contributed by atoms with Crippen LogP contribution in [-0.4, -0.2) is 16.6 Å². The third-order valence-corrected chi connectivity index (χ3v) is 5.96. The van der Waals surface area contributed by atoms with Crippen LogP contribution in [0.15, 0.2) is 51.4 Å². The van der Waals surface area contributed by atoms with E-state index in [1.807, 2.05) is 49.4 Å². The Balaban J connectivity index is 1.65. The van der Waals surface area contributed by atoms with Crippen molar-refractivity contribution in [1.82, 2.24) is 10.4 Å². The number of carbonyl (C=O) groups excluding carboxylic acids is 1. The van der Waals surface area contributed by atoms with Crippen molar-refractivity contribution in [2.75, 3.05) is 0 Å². The summed E-state index contributed by atoms with van der Waals surface area (Å²) >= 11 is 5.03. The Kier molecular flexibility index (Phi) is 4.39. The summed E-state index contributed by atoms with van der Waals surface area (Å²) in [5.74, 6) is 0.292. The van der Waals surface area contributed by atoms with Gasteiger partial charge in [0.25, 0.3) is 5.91 Å². The summed E-state index contributed by atoms with van der Waals surface area (Å²) in [6.45, 7) is 1.89. The first-order chi connectivity index (χ1) is 12.1. The number of nitrogens with one attached hydrogen (secondary N) is 1. The van der Waals surface area contributed by atoms with Gasteiger partial charge < -0.3 is 0 Å². The first-order valence-electron chi connectivity index (χ1n) is 8.12. The number of amides is 1. The normalized spacial score (nSPS) is 14.7. The molecule has 25 heavy (non-hydrogen) atoms. The summed E-state index contributed by atoms with van der Waals surface area (Å²) in [6.07, 6.45) is 2.30. The van der Waals surface area contributed by atoms with E-state index in [0.717, 1.165) is 43.8 Å². The molecule has 0 unspecified atom stereocenters. The van der Waals surface area contributed by atoms with E-state index in [9.17, 15) is 4.79 Å². The molecule has 4 rings (SSSR count). The van der Waals surface area contributed by atoms with E-state index in [1.54, 1.807) is 11.3 Å². The molecular formula is C19H16BrN3OS. The van der Waals surface area contributed by atoms with Gasteiger partial charge in [-0.25, -0.2) is 5.43 Å². The van der Waals surface area contributed by atoms with E-state index in [1.165, 1.54) is 0 Å². The van der Waals surface area contributed by atoms with E-state index < -0.39 is 0 Å². The molecule has 1 aliphatic rings. The number of hydrazone groups is 1. The molecule has 6 heteroatoms. The maximum absolute atomic E-state index is 12.7. The summed E-state index contributed by atoms with van der Waals surface area (Å²) in [6, 6.07) is 13.6. The Morgan fingerprint density at radius 2 is 2.08 bits per heavy atom.